The average molecular weight is 249 g/mol. The fourth-order valence-corrected chi connectivity index (χ4v) is 1.55. The Labute approximate surface area is 103 Å². The van der Waals surface area contributed by atoms with Crippen LogP contribution in [0.2, 0.25) is 5.02 Å². The average Bonchev–Trinajstić information content (AvgIpc) is 2.39. The first-order valence-electron chi connectivity index (χ1n) is 4.87. The van der Waals surface area contributed by atoms with Crippen molar-refractivity contribution in [2.75, 3.05) is 7.11 Å². The van der Waals surface area contributed by atoms with Crippen molar-refractivity contribution in [3.8, 4) is 11.4 Å². The van der Waals surface area contributed by atoms with E-state index in [1.807, 2.05) is 18.2 Å². The molecule has 1 aromatic heterocycles. The van der Waals surface area contributed by atoms with E-state index in [9.17, 15) is 4.79 Å². The van der Waals surface area contributed by atoms with Crippen LogP contribution in [-0.4, -0.2) is 23.0 Å². The van der Waals surface area contributed by atoms with Crippen LogP contribution in [0.4, 0.5) is 0 Å². The lowest BCUT2D eigenvalue weighted by Crippen LogP contribution is -2.03. The Morgan fingerprint density at radius 2 is 1.88 bits per heavy atom. The summed E-state index contributed by atoms with van der Waals surface area (Å²) in [6.07, 6.45) is 2.83. The van der Waals surface area contributed by atoms with Gasteiger partial charge in [-0.2, -0.15) is 0 Å². The Morgan fingerprint density at radius 1 is 1.24 bits per heavy atom. The van der Waals surface area contributed by atoms with Gasteiger partial charge in [-0.25, -0.2) is 14.8 Å². The summed E-state index contributed by atoms with van der Waals surface area (Å²) in [5.74, 6) is 0.0129. The fourth-order valence-electron chi connectivity index (χ4n) is 1.33. The first kappa shape index (κ1) is 11.5. The Balaban J connectivity index is 2.36. The second kappa shape index (κ2) is 4.93. The summed E-state index contributed by atoms with van der Waals surface area (Å²) < 4.78 is 4.56. The van der Waals surface area contributed by atoms with Gasteiger partial charge >= 0.3 is 5.97 Å². The largest absolute Gasteiger partial charge is 0.465 e. The normalized spacial score (nSPS) is 10.0. The third-order valence-corrected chi connectivity index (χ3v) is 2.52. The molecular formula is C12H9ClN2O2. The molecule has 0 atom stereocenters. The maximum absolute atomic E-state index is 11.2. The van der Waals surface area contributed by atoms with E-state index in [2.05, 4.69) is 14.7 Å². The molecule has 86 valence electrons. The topological polar surface area (TPSA) is 52.1 Å². The van der Waals surface area contributed by atoms with Gasteiger partial charge in [0.15, 0.2) is 5.82 Å². The van der Waals surface area contributed by atoms with E-state index in [0.717, 1.165) is 5.56 Å². The van der Waals surface area contributed by atoms with Crippen molar-refractivity contribution in [2.24, 2.45) is 0 Å². The Hall–Kier alpha value is -1.94. The number of aromatic nitrogens is 2. The quantitative estimate of drug-likeness (QED) is 0.767. The second-order valence-electron chi connectivity index (χ2n) is 3.27. The van der Waals surface area contributed by atoms with Crippen LogP contribution in [0.25, 0.3) is 11.4 Å². The summed E-state index contributed by atoms with van der Waals surface area (Å²) in [7, 11) is 1.31. The van der Waals surface area contributed by atoms with Crippen molar-refractivity contribution in [3.63, 3.8) is 0 Å². The van der Waals surface area contributed by atoms with E-state index >= 15 is 0 Å². The molecule has 0 unspecified atom stereocenters. The summed E-state index contributed by atoms with van der Waals surface area (Å²) in [4.78, 5) is 19.4. The van der Waals surface area contributed by atoms with Gasteiger partial charge in [-0.05, 0) is 12.1 Å². The molecule has 0 saturated carbocycles. The molecule has 17 heavy (non-hydrogen) atoms. The third-order valence-electron chi connectivity index (χ3n) is 2.19. The molecule has 0 fully saturated rings. The molecule has 0 amide bonds. The molecule has 1 aromatic carbocycles. The van der Waals surface area contributed by atoms with E-state index in [-0.39, 0.29) is 0 Å². The zero-order valence-electron chi connectivity index (χ0n) is 9.05. The van der Waals surface area contributed by atoms with Gasteiger partial charge in [0, 0.05) is 18.0 Å². The van der Waals surface area contributed by atoms with E-state index in [0.29, 0.717) is 16.4 Å². The molecule has 0 saturated heterocycles. The highest BCUT2D eigenvalue weighted by Crippen LogP contribution is 2.23. The van der Waals surface area contributed by atoms with Crippen LogP contribution < -0.4 is 0 Å². The van der Waals surface area contributed by atoms with E-state index in [1.54, 1.807) is 6.07 Å². The number of carbonyl (C=O) groups excluding carboxylic acids is 1. The molecule has 4 nitrogen and oxygen atoms in total. The summed E-state index contributed by atoms with van der Waals surface area (Å²) in [5.41, 5.74) is 1.04. The number of halogens is 1. The molecule has 0 N–H and O–H groups in total. The molecule has 0 aliphatic carbocycles. The zero-order valence-corrected chi connectivity index (χ0v) is 9.81. The molecule has 1 heterocycles. The molecule has 2 rings (SSSR count). The van der Waals surface area contributed by atoms with Crippen molar-refractivity contribution in [1.82, 2.24) is 9.97 Å². The van der Waals surface area contributed by atoms with Crippen LogP contribution in [0.5, 0.6) is 0 Å². The van der Waals surface area contributed by atoms with Crippen LogP contribution in [0, 0.1) is 0 Å². The highest BCUT2D eigenvalue weighted by molar-refractivity contribution is 6.33. The summed E-state index contributed by atoms with van der Waals surface area (Å²) in [6, 6.07) is 7.25. The van der Waals surface area contributed by atoms with Crippen LogP contribution in [0.1, 0.15) is 10.4 Å². The highest BCUT2D eigenvalue weighted by atomic mass is 35.5. The van der Waals surface area contributed by atoms with Crippen molar-refractivity contribution in [1.29, 1.82) is 0 Å². The number of hydrogen-bond donors (Lipinski definition) is 0. The van der Waals surface area contributed by atoms with Crippen LogP contribution in [-0.2, 0) is 4.74 Å². The van der Waals surface area contributed by atoms with Crippen LogP contribution >= 0.6 is 11.6 Å². The van der Waals surface area contributed by atoms with Gasteiger partial charge in [-0.1, -0.05) is 23.7 Å². The third kappa shape index (κ3) is 2.42. The zero-order chi connectivity index (χ0) is 12.3. The number of rotatable bonds is 2. The molecule has 5 heteroatoms. The van der Waals surface area contributed by atoms with Gasteiger partial charge in [0.25, 0.3) is 0 Å². The number of esters is 1. The highest BCUT2D eigenvalue weighted by Gasteiger charge is 2.09. The van der Waals surface area contributed by atoms with Gasteiger partial charge in [0.2, 0.25) is 0 Å². The Kier molecular flexibility index (Phi) is 3.35. The Bertz CT molecular complexity index is 540. The first-order valence-corrected chi connectivity index (χ1v) is 5.25. The summed E-state index contributed by atoms with van der Waals surface area (Å²) >= 11 is 6.02. The van der Waals surface area contributed by atoms with Gasteiger partial charge in [-0.3, -0.25) is 0 Å². The van der Waals surface area contributed by atoms with Crippen molar-refractivity contribution < 1.29 is 9.53 Å². The SMILES string of the molecule is COC(=O)c1cnc(-c2ccccc2Cl)nc1. The van der Waals surface area contributed by atoms with E-state index < -0.39 is 5.97 Å². The molecule has 2 aromatic rings. The molecule has 0 bridgehead atoms. The van der Waals surface area contributed by atoms with Crippen LogP contribution in [0.15, 0.2) is 36.7 Å². The summed E-state index contributed by atoms with van der Waals surface area (Å²) in [5, 5.41) is 0.568. The second-order valence-corrected chi connectivity index (χ2v) is 3.67. The van der Waals surface area contributed by atoms with Gasteiger partial charge in [0.05, 0.1) is 17.7 Å². The maximum Gasteiger partial charge on any atom is 0.341 e. The lowest BCUT2D eigenvalue weighted by molar-refractivity contribution is 0.0600. The van der Waals surface area contributed by atoms with Gasteiger partial charge < -0.3 is 4.74 Å². The van der Waals surface area contributed by atoms with Crippen molar-refractivity contribution in [3.05, 3.63) is 47.2 Å². The first-order chi connectivity index (χ1) is 8.22. The Morgan fingerprint density at radius 3 is 2.47 bits per heavy atom. The maximum atomic E-state index is 11.2. The fraction of sp³-hybridized carbons (Fsp3) is 0.0833. The predicted molar refractivity (Wildman–Crippen MR) is 63.8 cm³/mol. The number of hydrogen-bond acceptors (Lipinski definition) is 4. The molecule has 0 aliphatic rings. The van der Waals surface area contributed by atoms with Gasteiger partial charge in [0.1, 0.15) is 0 Å². The molecule has 0 spiro atoms. The summed E-state index contributed by atoms with van der Waals surface area (Å²) in [6.45, 7) is 0. The lowest BCUT2D eigenvalue weighted by atomic mass is 10.2. The monoisotopic (exact) mass is 248 g/mol. The lowest BCUT2D eigenvalue weighted by Gasteiger charge is -2.03. The minimum absolute atomic E-state index is 0.309. The van der Waals surface area contributed by atoms with Crippen molar-refractivity contribution >= 4 is 17.6 Å². The number of methoxy groups -OCH3 is 1. The number of ether oxygens (including phenoxy) is 1. The number of carbonyl (C=O) groups is 1. The molecule has 0 radical (unpaired) electrons. The van der Waals surface area contributed by atoms with E-state index in [4.69, 9.17) is 11.6 Å². The minimum atomic E-state index is -0.462. The van der Waals surface area contributed by atoms with Crippen molar-refractivity contribution in [2.45, 2.75) is 0 Å². The predicted octanol–water partition coefficient (Wildman–Crippen LogP) is 2.58. The number of benzene rings is 1. The van der Waals surface area contributed by atoms with E-state index in [1.165, 1.54) is 19.5 Å². The standard InChI is InChI=1S/C12H9ClN2O2/c1-17-12(16)8-6-14-11(15-7-8)9-4-2-3-5-10(9)13/h2-7H,1H3. The minimum Gasteiger partial charge on any atom is -0.465 e. The van der Waals surface area contributed by atoms with Gasteiger partial charge in [-0.15, -0.1) is 0 Å². The number of nitrogens with zero attached hydrogens (tertiary/aromatic N) is 2. The molecule has 0 aliphatic heterocycles. The smallest absolute Gasteiger partial charge is 0.341 e. The van der Waals surface area contributed by atoms with Crippen LogP contribution in [0.3, 0.4) is 0 Å². The molecular weight excluding hydrogens is 240 g/mol.